The molecule has 0 bridgehead atoms. The number of unbranched alkanes of at least 4 members (excludes halogenated alkanes) is 3. The van der Waals surface area contributed by atoms with Crippen molar-refractivity contribution in [1.29, 1.82) is 0 Å². The molecule has 1 aromatic heterocycles. The first-order chi connectivity index (χ1) is 10.4. The molecular weight excluding hydrogens is 295 g/mol. The van der Waals surface area contributed by atoms with Crippen LogP contribution < -0.4 is 11.2 Å². The molecule has 22 heavy (non-hydrogen) atoms. The fourth-order valence-electron chi connectivity index (χ4n) is 1.92. The second kappa shape index (κ2) is 8.47. The average molecular weight is 316 g/mol. The maximum Gasteiger partial charge on any atom is 0.336 e. The van der Waals surface area contributed by atoms with Crippen LogP contribution in [0.3, 0.4) is 0 Å². The lowest BCUT2D eigenvalue weighted by atomic mass is 10.1. The highest BCUT2D eigenvalue weighted by Crippen LogP contribution is 2.10. The molecule has 1 rings (SSSR count). The van der Waals surface area contributed by atoms with Crippen molar-refractivity contribution in [3.8, 4) is 0 Å². The van der Waals surface area contributed by atoms with Crippen molar-refractivity contribution in [2.75, 3.05) is 0 Å². The number of aromatic nitrogens is 2. The van der Waals surface area contributed by atoms with Gasteiger partial charge in [0.1, 0.15) is 0 Å². The highest BCUT2D eigenvalue weighted by Gasteiger charge is 2.20. The number of aliphatic hydroxyl groups is 1. The van der Waals surface area contributed by atoms with Gasteiger partial charge < -0.3 is 9.84 Å². The van der Waals surface area contributed by atoms with Gasteiger partial charge >= 0.3 is 11.7 Å². The summed E-state index contributed by atoms with van der Waals surface area (Å²) in [5, 5.41) is 9.69. The molecule has 0 aliphatic heterocycles. The zero-order valence-electron chi connectivity index (χ0n) is 12.7. The third kappa shape index (κ3) is 5.10. The summed E-state index contributed by atoms with van der Waals surface area (Å²) in [5.74, 6) is -2.05. The number of hydrogen-bond donors (Lipinski definition) is 2. The van der Waals surface area contributed by atoms with Crippen LogP contribution in [-0.4, -0.2) is 26.7 Å². The van der Waals surface area contributed by atoms with E-state index in [4.69, 9.17) is 4.74 Å². The Morgan fingerprint density at radius 2 is 2.09 bits per heavy atom. The van der Waals surface area contributed by atoms with Crippen molar-refractivity contribution in [3.05, 3.63) is 32.9 Å². The summed E-state index contributed by atoms with van der Waals surface area (Å²) in [4.78, 5) is 35.9. The van der Waals surface area contributed by atoms with E-state index in [0.717, 1.165) is 23.8 Å². The van der Waals surface area contributed by atoms with Crippen LogP contribution in [-0.2, 0) is 9.53 Å². The number of nitrogens with one attached hydrogen (secondary N) is 1. The average Bonchev–Trinajstić information content (AvgIpc) is 2.46. The summed E-state index contributed by atoms with van der Waals surface area (Å²) in [7, 11) is 0. The van der Waals surface area contributed by atoms with Gasteiger partial charge in [0.2, 0.25) is 5.82 Å². The van der Waals surface area contributed by atoms with E-state index in [1.807, 2.05) is 6.92 Å². The van der Waals surface area contributed by atoms with Gasteiger partial charge in [-0.2, -0.15) is 4.39 Å². The van der Waals surface area contributed by atoms with E-state index in [1.165, 1.54) is 6.92 Å². The first-order valence-corrected chi connectivity index (χ1v) is 7.26. The van der Waals surface area contributed by atoms with E-state index in [9.17, 15) is 23.9 Å². The molecule has 0 radical (unpaired) electrons. The van der Waals surface area contributed by atoms with Crippen molar-refractivity contribution in [1.82, 2.24) is 9.55 Å². The number of halogens is 1. The Morgan fingerprint density at radius 1 is 1.41 bits per heavy atom. The third-order valence-corrected chi connectivity index (χ3v) is 3.21. The van der Waals surface area contributed by atoms with Gasteiger partial charge in [-0.3, -0.25) is 14.3 Å². The lowest BCUT2D eigenvalue weighted by molar-refractivity contribution is -0.163. The Morgan fingerprint density at radius 3 is 2.73 bits per heavy atom. The molecule has 7 nitrogen and oxygen atoms in total. The Kier molecular flexibility index (Phi) is 6.97. The molecule has 2 unspecified atom stereocenters. The molecule has 0 aliphatic carbocycles. The minimum absolute atomic E-state index is 0.264. The zero-order valence-corrected chi connectivity index (χ0v) is 12.7. The number of carbonyl (C=O) groups is 1. The number of ether oxygens (including phenoxy) is 1. The molecule has 124 valence electrons. The second-order valence-corrected chi connectivity index (χ2v) is 5.04. The highest BCUT2D eigenvalue weighted by atomic mass is 19.1. The second-order valence-electron chi connectivity index (χ2n) is 5.04. The van der Waals surface area contributed by atoms with Gasteiger partial charge in [0, 0.05) is 0 Å². The van der Waals surface area contributed by atoms with Gasteiger partial charge in [-0.25, -0.2) is 9.59 Å². The van der Waals surface area contributed by atoms with E-state index in [0.29, 0.717) is 12.6 Å². The molecule has 2 N–H and O–H groups in total. The molecule has 0 spiro atoms. The van der Waals surface area contributed by atoms with Crippen LogP contribution in [0.5, 0.6) is 0 Å². The van der Waals surface area contributed by atoms with E-state index >= 15 is 0 Å². The first kappa shape index (κ1) is 18.1. The third-order valence-electron chi connectivity index (χ3n) is 3.21. The standard InChI is InChI=1S/C14H21FN2O5/c1-3-4-5-6-7-11(18)13(20)22-9(2)17-8-10(15)12(19)16-14(17)21/h8-9,11,18H,3-7H2,1-2H3,(H,16,19,21). The maximum absolute atomic E-state index is 13.2. The fourth-order valence-corrected chi connectivity index (χ4v) is 1.92. The van der Waals surface area contributed by atoms with Crippen molar-refractivity contribution < 1.29 is 19.0 Å². The molecule has 1 aromatic rings. The maximum atomic E-state index is 13.2. The minimum Gasteiger partial charge on any atom is -0.439 e. The number of H-pyrrole nitrogens is 1. The summed E-state index contributed by atoms with van der Waals surface area (Å²) in [6.45, 7) is 3.38. The van der Waals surface area contributed by atoms with Gasteiger partial charge in [-0.05, 0) is 13.3 Å². The smallest absolute Gasteiger partial charge is 0.336 e. The Balaban J connectivity index is 2.62. The Bertz CT molecular complexity index is 610. The van der Waals surface area contributed by atoms with Crippen LogP contribution >= 0.6 is 0 Å². The number of aromatic amines is 1. The van der Waals surface area contributed by atoms with Crippen molar-refractivity contribution in [2.24, 2.45) is 0 Å². The molecule has 0 saturated carbocycles. The molecule has 0 amide bonds. The Labute approximate surface area is 126 Å². The predicted molar refractivity (Wildman–Crippen MR) is 76.8 cm³/mol. The largest absolute Gasteiger partial charge is 0.439 e. The summed E-state index contributed by atoms with van der Waals surface area (Å²) < 4.78 is 18.8. The molecule has 8 heteroatoms. The topological polar surface area (TPSA) is 101 Å². The molecular formula is C14H21FN2O5. The summed E-state index contributed by atoms with van der Waals surface area (Å²) >= 11 is 0. The number of aliphatic hydroxyl groups excluding tert-OH is 1. The lowest BCUT2D eigenvalue weighted by Gasteiger charge is -2.17. The summed E-state index contributed by atoms with van der Waals surface area (Å²) in [6.07, 6.45) is 2.14. The summed E-state index contributed by atoms with van der Waals surface area (Å²) in [6, 6.07) is 0. The van der Waals surface area contributed by atoms with Crippen LogP contribution in [0.15, 0.2) is 15.8 Å². The minimum atomic E-state index is -1.29. The first-order valence-electron chi connectivity index (χ1n) is 7.26. The van der Waals surface area contributed by atoms with Gasteiger partial charge in [0.15, 0.2) is 12.3 Å². The van der Waals surface area contributed by atoms with Crippen LogP contribution in [0, 0.1) is 5.82 Å². The molecule has 2 atom stereocenters. The number of carbonyl (C=O) groups excluding carboxylic acids is 1. The normalized spacial score (nSPS) is 13.6. The molecule has 0 aliphatic rings. The molecule has 0 aromatic carbocycles. The zero-order chi connectivity index (χ0) is 16.7. The molecule has 0 fully saturated rings. The lowest BCUT2D eigenvalue weighted by Crippen LogP contribution is -2.35. The van der Waals surface area contributed by atoms with Crippen LogP contribution in [0.25, 0.3) is 0 Å². The van der Waals surface area contributed by atoms with Gasteiger partial charge in [0.05, 0.1) is 6.20 Å². The monoisotopic (exact) mass is 316 g/mol. The number of rotatable bonds is 8. The van der Waals surface area contributed by atoms with Gasteiger partial charge in [-0.1, -0.05) is 32.6 Å². The van der Waals surface area contributed by atoms with Crippen molar-refractivity contribution in [2.45, 2.75) is 58.3 Å². The molecule has 0 saturated heterocycles. The van der Waals surface area contributed by atoms with Crippen molar-refractivity contribution in [3.63, 3.8) is 0 Å². The highest BCUT2D eigenvalue weighted by molar-refractivity contribution is 5.74. The van der Waals surface area contributed by atoms with Crippen LogP contribution in [0.4, 0.5) is 4.39 Å². The fraction of sp³-hybridized carbons (Fsp3) is 0.643. The molecule has 1 heterocycles. The van der Waals surface area contributed by atoms with E-state index < -0.39 is 35.4 Å². The van der Waals surface area contributed by atoms with E-state index in [2.05, 4.69) is 0 Å². The Hall–Kier alpha value is -1.96. The number of nitrogens with zero attached hydrogens (tertiary/aromatic N) is 1. The quantitative estimate of drug-likeness (QED) is 0.552. The van der Waals surface area contributed by atoms with Crippen molar-refractivity contribution >= 4 is 5.97 Å². The van der Waals surface area contributed by atoms with E-state index in [1.54, 1.807) is 4.98 Å². The number of hydrogen-bond acceptors (Lipinski definition) is 5. The van der Waals surface area contributed by atoms with Gasteiger partial charge in [-0.15, -0.1) is 0 Å². The number of esters is 1. The van der Waals surface area contributed by atoms with E-state index in [-0.39, 0.29) is 6.42 Å². The SMILES string of the molecule is CCCCCCC(O)C(=O)OC(C)n1cc(F)c(=O)[nH]c1=O. The van der Waals surface area contributed by atoms with Crippen LogP contribution in [0.2, 0.25) is 0 Å². The predicted octanol–water partition coefficient (Wildman–Crippen LogP) is 1.07. The van der Waals surface area contributed by atoms with Crippen LogP contribution in [0.1, 0.15) is 52.2 Å². The summed E-state index contributed by atoms with van der Waals surface area (Å²) in [5.41, 5.74) is -2.04. The van der Waals surface area contributed by atoms with Gasteiger partial charge in [0.25, 0.3) is 5.56 Å².